The standard InChI is InChI=1S/C33H38F3N5/c1-4-5-29(12-8-24-6-9-25(10-7-24)28-19-27-18-23(2)38-32(27)37-21-28)39-30-13-11-26(31(20-30)33(34,35)36)22-41-16-14-40(3)15-17-41/h5-7,9-11,13,18-21,39H,4,8,12,14-17,22H2,1-3H3,(H,37,38)/b29-5-. The smallest absolute Gasteiger partial charge is 0.359 e. The predicted octanol–water partition coefficient (Wildman–Crippen LogP) is 7.64. The number of hydrogen-bond donors (Lipinski definition) is 2. The van der Waals surface area contributed by atoms with E-state index < -0.39 is 11.7 Å². The number of benzene rings is 2. The Bertz CT molecular complexity index is 1500. The second kappa shape index (κ2) is 12.5. The first-order chi connectivity index (χ1) is 19.7. The lowest BCUT2D eigenvalue weighted by molar-refractivity contribution is -0.138. The summed E-state index contributed by atoms with van der Waals surface area (Å²) in [5.41, 5.74) is 6.46. The van der Waals surface area contributed by atoms with Gasteiger partial charge in [-0.05, 0) is 74.2 Å². The van der Waals surface area contributed by atoms with Gasteiger partial charge in [0, 0.05) is 66.9 Å². The van der Waals surface area contributed by atoms with Gasteiger partial charge >= 0.3 is 6.18 Å². The molecule has 4 aromatic rings. The van der Waals surface area contributed by atoms with Crippen molar-refractivity contribution in [3.05, 3.63) is 95.0 Å². The number of aryl methyl sites for hydroxylation is 2. The molecule has 0 saturated carbocycles. The topological polar surface area (TPSA) is 47.2 Å². The molecule has 1 fully saturated rings. The molecule has 0 unspecified atom stereocenters. The summed E-state index contributed by atoms with van der Waals surface area (Å²) in [6.07, 6.45) is 1.80. The number of H-pyrrole nitrogens is 1. The van der Waals surface area contributed by atoms with Crippen molar-refractivity contribution in [3.8, 4) is 11.1 Å². The fraction of sp³-hybridized carbons (Fsp3) is 0.364. The van der Waals surface area contributed by atoms with Gasteiger partial charge in [-0.1, -0.05) is 43.3 Å². The number of pyridine rings is 1. The van der Waals surface area contributed by atoms with E-state index in [1.54, 1.807) is 12.1 Å². The molecule has 2 aromatic carbocycles. The van der Waals surface area contributed by atoms with Crippen molar-refractivity contribution in [1.29, 1.82) is 0 Å². The third kappa shape index (κ3) is 7.37. The van der Waals surface area contributed by atoms with Gasteiger partial charge in [0.15, 0.2) is 0 Å². The summed E-state index contributed by atoms with van der Waals surface area (Å²) in [5.74, 6) is 0. The molecule has 1 aliphatic rings. The monoisotopic (exact) mass is 561 g/mol. The van der Waals surface area contributed by atoms with Gasteiger partial charge in [-0.25, -0.2) is 4.98 Å². The molecule has 0 atom stereocenters. The molecular weight excluding hydrogens is 523 g/mol. The number of halogens is 3. The Balaban J connectivity index is 1.24. The van der Waals surface area contributed by atoms with Crippen LogP contribution in [0.4, 0.5) is 18.9 Å². The van der Waals surface area contributed by atoms with Crippen LogP contribution in [0, 0.1) is 6.92 Å². The molecule has 3 heterocycles. The fourth-order valence-corrected chi connectivity index (χ4v) is 5.40. The fourth-order valence-electron chi connectivity index (χ4n) is 5.40. The largest absolute Gasteiger partial charge is 0.416 e. The van der Waals surface area contributed by atoms with Gasteiger partial charge in [0.25, 0.3) is 0 Å². The van der Waals surface area contributed by atoms with Crippen molar-refractivity contribution >= 4 is 16.7 Å². The molecule has 5 nitrogen and oxygen atoms in total. The summed E-state index contributed by atoms with van der Waals surface area (Å²) < 4.78 is 42.2. The van der Waals surface area contributed by atoms with Gasteiger partial charge in [-0.15, -0.1) is 0 Å². The molecule has 1 saturated heterocycles. The number of piperazine rings is 1. The molecule has 8 heteroatoms. The van der Waals surface area contributed by atoms with E-state index in [-0.39, 0.29) is 0 Å². The molecule has 2 N–H and O–H groups in total. The van der Waals surface area contributed by atoms with Crippen LogP contribution >= 0.6 is 0 Å². The van der Waals surface area contributed by atoms with Gasteiger partial charge in [0.05, 0.1) is 5.56 Å². The summed E-state index contributed by atoms with van der Waals surface area (Å²) in [6, 6.07) is 17.3. The second-order valence-electron chi connectivity index (χ2n) is 11.0. The number of nitrogens with zero attached hydrogens (tertiary/aromatic N) is 3. The SMILES string of the molecule is CC/C=C(/CCc1ccc(-c2cnc3[nH]c(C)cc3c2)cc1)Nc1ccc(CN2CCN(C)CC2)c(C(F)(F)F)c1. The Morgan fingerprint density at radius 2 is 1.76 bits per heavy atom. The van der Waals surface area contributed by atoms with Crippen LogP contribution in [0.3, 0.4) is 0 Å². The Morgan fingerprint density at radius 3 is 2.46 bits per heavy atom. The number of hydrogen-bond acceptors (Lipinski definition) is 4. The highest BCUT2D eigenvalue weighted by Crippen LogP contribution is 2.35. The van der Waals surface area contributed by atoms with E-state index in [1.165, 1.54) is 11.6 Å². The van der Waals surface area contributed by atoms with Crippen LogP contribution in [0.15, 0.2) is 72.6 Å². The molecule has 2 aromatic heterocycles. The van der Waals surface area contributed by atoms with Crippen molar-refractivity contribution in [3.63, 3.8) is 0 Å². The van der Waals surface area contributed by atoms with Gasteiger partial charge in [0.2, 0.25) is 0 Å². The first-order valence-electron chi connectivity index (χ1n) is 14.3. The second-order valence-corrected chi connectivity index (χ2v) is 11.0. The van der Waals surface area contributed by atoms with Gasteiger partial charge in [0.1, 0.15) is 5.65 Å². The van der Waals surface area contributed by atoms with Gasteiger partial charge < -0.3 is 15.2 Å². The van der Waals surface area contributed by atoms with Gasteiger partial charge in [-0.3, -0.25) is 4.90 Å². The quantitative estimate of drug-likeness (QED) is 0.220. The maximum atomic E-state index is 14.1. The summed E-state index contributed by atoms with van der Waals surface area (Å²) >= 11 is 0. The summed E-state index contributed by atoms with van der Waals surface area (Å²) in [4.78, 5) is 12.1. The highest BCUT2D eigenvalue weighted by molar-refractivity contribution is 5.82. The minimum Gasteiger partial charge on any atom is -0.359 e. The van der Waals surface area contributed by atoms with Crippen molar-refractivity contribution < 1.29 is 13.2 Å². The lowest BCUT2D eigenvalue weighted by atomic mass is 10.0. The minimum atomic E-state index is -4.41. The van der Waals surface area contributed by atoms with E-state index in [4.69, 9.17) is 0 Å². The van der Waals surface area contributed by atoms with Crippen molar-refractivity contribution in [2.45, 2.75) is 45.8 Å². The molecule has 41 heavy (non-hydrogen) atoms. The zero-order valence-corrected chi connectivity index (χ0v) is 24.0. The predicted molar refractivity (Wildman–Crippen MR) is 161 cm³/mol. The number of alkyl halides is 3. The van der Waals surface area contributed by atoms with Crippen LogP contribution in [0.2, 0.25) is 0 Å². The average molecular weight is 562 g/mol. The van der Waals surface area contributed by atoms with Crippen LogP contribution in [-0.4, -0.2) is 53.0 Å². The lowest BCUT2D eigenvalue weighted by Crippen LogP contribution is -2.44. The van der Waals surface area contributed by atoms with Crippen molar-refractivity contribution in [1.82, 2.24) is 19.8 Å². The molecule has 0 spiro atoms. The Labute approximate surface area is 240 Å². The van der Waals surface area contributed by atoms with Crippen molar-refractivity contribution in [2.24, 2.45) is 0 Å². The Hall–Kier alpha value is -3.62. The highest BCUT2D eigenvalue weighted by atomic mass is 19.4. The molecule has 0 aliphatic carbocycles. The van der Waals surface area contributed by atoms with Crippen LogP contribution in [0.1, 0.15) is 42.1 Å². The summed E-state index contributed by atoms with van der Waals surface area (Å²) in [5, 5.41) is 4.37. The zero-order chi connectivity index (χ0) is 29.0. The maximum absolute atomic E-state index is 14.1. The van der Waals surface area contributed by atoms with E-state index >= 15 is 0 Å². The van der Waals surface area contributed by atoms with E-state index in [1.807, 2.05) is 27.1 Å². The average Bonchev–Trinajstić information content (AvgIpc) is 3.33. The number of allylic oxidation sites excluding steroid dienone is 2. The van der Waals surface area contributed by atoms with E-state index in [9.17, 15) is 13.2 Å². The first-order valence-corrected chi connectivity index (χ1v) is 14.3. The van der Waals surface area contributed by atoms with Crippen LogP contribution in [-0.2, 0) is 19.1 Å². The van der Waals surface area contributed by atoms with Crippen LogP contribution in [0.5, 0.6) is 0 Å². The zero-order valence-electron chi connectivity index (χ0n) is 24.0. The minimum absolute atomic E-state index is 0.311. The van der Waals surface area contributed by atoms with E-state index in [0.29, 0.717) is 24.2 Å². The first kappa shape index (κ1) is 28.9. The number of anilines is 1. The lowest BCUT2D eigenvalue weighted by Gasteiger charge is -2.33. The molecule has 1 aliphatic heterocycles. The Kier molecular flexibility index (Phi) is 8.80. The highest BCUT2D eigenvalue weighted by Gasteiger charge is 2.34. The molecule has 216 valence electrons. The molecular formula is C33H38F3N5. The number of aromatic amines is 1. The maximum Gasteiger partial charge on any atom is 0.416 e. The number of rotatable bonds is 9. The summed E-state index contributed by atoms with van der Waals surface area (Å²) in [7, 11) is 2.04. The van der Waals surface area contributed by atoms with Crippen molar-refractivity contribution in [2.75, 3.05) is 38.5 Å². The molecule has 5 rings (SSSR count). The van der Waals surface area contributed by atoms with E-state index in [0.717, 1.165) is 72.6 Å². The van der Waals surface area contributed by atoms with E-state index in [2.05, 4.69) is 67.6 Å². The summed E-state index contributed by atoms with van der Waals surface area (Å²) in [6.45, 7) is 7.66. The number of aromatic nitrogens is 2. The normalized spacial score (nSPS) is 15.5. The van der Waals surface area contributed by atoms with Crippen LogP contribution < -0.4 is 5.32 Å². The molecule has 0 bridgehead atoms. The van der Waals surface area contributed by atoms with Gasteiger partial charge in [-0.2, -0.15) is 13.2 Å². The third-order valence-electron chi connectivity index (χ3n) is 7.74. The third-order valence-corrected chi connectivity index (χ3v) is 7.74. The molecule has 0 radical (unpaired) electrons. The number of likely N-dealkylation sites (N-methyl/N-ethyl adjacent to an activating group) is 1. The number of nitrogens with one attached hydrogen (secondary N) is 2. The molecule has 0 amide bonds. The number of fused-ring (bicyclic) bond motifs is 1. The van der Waals surface area contributed by atoms with Crippen LogP contribution in [0.25, 0.3) is 22.2 Å². The Morgan fingerprint density at radius 1 is 1.00 bits per heavy atom.